The molecule has 2 aromatic rings. The topological polar surface area (TPSA) is 50.2 Å². The fraction of sp³-hybridized carbons (Fsp3) is 0.111. The number of allylic oxidation sites excluding steroid dienone is 2. The summed E-state index contributed by atoms with van der Waals surface area (Å²) in [6, 6.07) is 14.5. The highest BCUT2D eigenvalue weighted by Gasteiger charge is 2.29. The second-order valence-corrected chi connectivity index (χ2v) is 5.01. The summed E-state index contributed by atoms with van der Waals surface area (Å²) < 4.78 is 0. The molecular formula is C18H15NO2. The van der Waals surface area contributed by atoms with Crippen molar-refractivity contribution in [2.45, 2.75) is 5.60 Å². The zero-order valence-corrected chi connectivity index (χ0v) is 11.4. The minimum absolute atomic E-state index is 0.0196. The molecule has 0 unspecified atom stereocenters. The third-order valence-corrected chi connectivity index (χ3v) is 3.55. The van der Waals surface area contributed by atoms with Crippen molar-refractivity contribution in [1.82, 2.24) is 4.98 Å². The second kappa shape index (κ2) is 5.46. The number of aliphatic hydroxyl groups is 1. The number of benzene rings is 1. The van der Waals surface area contributed by atoms with Gasteiger partial charge in [-0.15, -0.1) is 0 Å². The van der Waals surface area contributed by atoms with Crippen molar-refractivity contribution in [2.75, 3.05) is 0 Å². The minimum Gasteiger partial charge on any atom is -0.376 e. The van der Waals surface area contributed by atoms with E-state index in [1.807, 2.05) is 24.3 Å². The van der Waals surface area contributed by atoms with Crippen molar-refractivity contribution in [3.05, 3.63) is 90.3 Å². The third-order valence-electron chi connectivity index (χ3n) is 3.55. The molecule has 1 aliphatic rings. The fourth-order valence-corrected chi connectivity index (χ4v) is 2.36. The van der Waals surface area contributed by atoms with Gasteiger partial charge in [0.05, 0.1) is 11.6 Å². The van der Waals surface area contributed by atoms with Gasteiger partial charge in [-0.2, -0.15) is 0 Å². The smallest absolute Gasteiger partial charge is 0.173 e. The number of hydrogen-bond donors (Lipinski definition) is 1. The van der Waals surface area contributed by atoms with Crippen LogP contribution in [-0.4, -0.2) is 15.9 Å². The van der Waals surface area contributed by atoms with Gasteiger partial charge < -0.3 is 5.11 Å². The molecule has 3 rings (SSSR count). The van der Waals surface area contributed by atoms with E-state index in [2.05, 4.69) is 4.98 Å². The van der Waals surface area contributed by atoms with Crippen LogP contribution in [0.1, 0.15) is 16.1 Å². The summed E-state index contributed by atoms with van der Waals surface area (Å²) in [6.07, 6.45) is 8.34. The van der Waals surface area contributed by atoms with Crippen molar-refractivity contribution >= 4 is 5.78 Å². The summed E-state index contributed by atoms with van der Waals surface area (Å²) >= 11 is 0. The van der Waals surface area contributed by atoms with E-state index in [0.29, 0.717) is 11.3 Å². The zero-order chi connectivity index (χ0) is 14.7. The van der Waals surface area contributed by atoms with Gasteiger partial charge in [-0.05, 0) is 24.3 Å². The van der Waals surface area contributed by atoms with Crippen molar-refractivity contribution in [1.29, 1.82) is 0 Å². The van der Waals surface area contributed by atoms with E-state index in [9.17, 15) is 9.90 Å². The molecule has 3 heteroatoms. The Morgan fingerprint density at radius 3 is 2.29 bits per heavy atom. The number of pyridine rings is 1. The maximum Gasteiger partial charge on any atom is 0.173 e. The first-order valence-corrected chi connectivity index (χ1v) is 6.81. The van der Waals surface area contributed by atoms with E-state index >= 15 is 0 Å². The first kappa shape index (κ1) is 13.5. The second-order valence-electron chi connectivity index (χ2n) is 5.01. The normalized spacial score (nSPS) is 24.0. The number of carbonyl (C=O) groups is 1. The summed E-state index contributed by atoms with van der Waals surface area (Å²) in [6.45, 7) is 0. The van der Waals surface area contributed by atoms with E-state index in [1.165, 1.54) is 0 Å². The number of rotatable bonds is 3. The van der Waals surface area contributed by atoms with E-state index in [1.54, 1.807) is 54.8 Å². The molecule has 0 radical (unpaired) electrons. The number of hydrogen-bond acceptors (Lipinski definition) is 3. The lowest BCUT2D eigenvalue weighted by molar-refractivity contribution is 0.0955. The van der Waals surface area contributed by atoms with E-state index in [0.717, 1.165) is 0 Å². The molecule has 0 saturated heterocycles. The van der Waals surface area contributed by atoms with E-state index in [4.69, 9.17) is 0 Å². The predicted octanol–water partition coefficient (Wildman–Crippen LogP) is 2.89. The molecule has 0 fully saturated rings. The van der Waals surface area contributed by atoms with Gasteiger partial charge in [0.25, 0.3) is 0 Å². The van der Waals surface area contributed by atoms with Gasteiger partial charge in [0.15, 0.2) is 5.78 Å². The van der Waals surface area contributed by atoms with Crippen LogP contribution in [0.4, 0.5) is 0 Å². The average molecular weight is 277 g/mol. The van der Waals surface area contributed by atoms with Gasteiger partial charge in [0.2, 0.25) is 0 Å². The lowest BCUT2D eigenvalue weighted by Gasteiger charge is -2.24. The summed E-state index contributed by atoms with van der Waals surface area (Å²) in [5.74, 6) is -0.331. The van der Waals surface area contributed by atoms with Crippen LogP contribution in [0.2, 0.25) is 0 Å². The molecule has 104 valence electrons. The Kier molecular flexibility index (Phi) is 3.50. The lowest BCUT2D eigenvalue weighted by Crippen LogP contribution is -2.26. The van der Waals surface area contributed by atoms with Crippen LogP contribution in [0.15, 0.2) is 79.0 Å². The van der Waals surface area contributed by atoms with Crippen LogP contribution < -0.4 is 0 Å². The Morgan fingerprint density at radius 2 is 1.67 bits per heavy atom. The fourth-order valence-electron chi connectivity index (χ4n) is 2.36. The molecule has 1 heterocycles. The number of Topliss-reactive ketones (excluding diaryl/α,β-unsaturated/α-hetero) is 1. The molecule has 0 aliphatic heterocycles. The molecule has 3 nitrogen and oxygen atoms in total. The van der Waals surface area contributed by atoms with Crippen LogP contribution in [0.5, 0.6) is 0 Å². The van der Waals surface area contributed by atoms with Crippen molar-refractivity contribution in [3.8, 4) is 0 Å². The van der Waals surface area contributed by atoms with Gasteiger partial charge in [-0.25, -0.2) is 0 Å². The molecule has 1 aliphatic carbocycles. The molecule has 0 bridgehead atoms. The molecule has 1 aromatic carbocycles. The number of aromatic nitrogens is 1. The van der Waals surface area contributed by atoms with Crippen LogP contribution in [0, 0.1) is 5.92 Å². The lowest BCUT2D eigenvalue weighted by atomic mass is 9.86. The molecule has 21 heavy (non-hydrogen) atoms. The number of nitrogens with zero attached hydrogens (tertiary/aromatic N) is 1. The Hall–Kier alpha value is -2.52. The molecular weight excluding hydrogens is 262 g/mol. The first-order chi connectivity index (χ1) is 10.2. The van der Waals surface area contributed by atoms with Crippen LogP contribution >= 0.6 is 0 Å². The highest BCUT2D eigenvalue weighted by atomic mass is 16.3. The summed E-state index contributed by atoms with van der Waals surface area (Å²) in [5.41, 5.74) is -0.0301. The third kappa shape index (κ3) is 2.69. The maximum atomic E-state index is 12.3. The van der Waals surface area contributed by atoms with Gasteiger partial charge in [0.1, 0.15) is 5.60 Å². The Morgan fingerprint density at radius 1 is 1.00 bits per heavy atom. The van der Waals surface area contributed by atoms with Crippen LogP contribution in [0.3, 0.4) is 0 Å². The van der Waals surface area contributed by atoms with E-state index < -0.39 is 5.60 Å². The van der Waals surface area contributed by atoms with Gasteiger partial charge in [-0.3, -0.25) is 9.78 Å². The largest absolute Gasteiger partial charge is 0.376 e. The van der Waals surface area contributed by atoms with E-state index in [-0.39, 0.29) is 11.7 Å². The number of carbonyl (C=O) groups excluding carboxylic acids is 1. The van der Waals surface area contributed by atoms with Gasteiger partial charge in [0, 0.05) is 11.8 Å². The van der Waals surface area contributed by atoms with Crippen LogP contribution in [0.25, 0.3) is 0 Å². The SMILES string of the molecule is O=C(c1ccccc1)C1C=CC(O)(c2ccccn2)C=C1. The quantitative estimate of drug-likeness (QED) is 0.693. The zero-order valence-electron chi connectivity index (χ0n) is 11.4. The highest BCUT2D eigenvalue weighted by molar-refractivity contribution is 6.00. The summed E-state index contributed by atoms with van der Waals surface area (Å²) in [4.78, 5) is 16.5. The summed E-state index contributed by atoms with van der Waals surface area (Å²) in [5, 5.41) is 10.6. The van der Waals surface area contributed by atoms with Crippen molar-refractivity contribution in [2.24, 2.45) is 5.92 Å². The molecule has 0 amide bonds. The average Bonchev–Trinajstić information content (AvgIpc) is 2.57. The highest BCUT2D eigenvalue weighted by Crippen LogP contribution is 2.28. The Bertz CT molecular complexity index is 676. The molecule has 0 spiro atoms. The maximum absolute atomic E-state index is 12.3. The van der Waals surface area contributed by atoms with Gasteiger partial charge in [-0.1, -0.05) is 48.6 Å². The molecule has 0 atom stereocenters. The minimum atomic E-state index is -1.24. The molecule has 1 N–H and O–H groups in total. The predicted molar refractivity (Wildman–Crippen MR) is 80.7 cm³/mol. The molecule has 1 aromatic heterocycles. The van der Waals surface area contributed by atoms with Crippen LogP contribution in [-0.2, 0) is 5.60 Å². The van der Waals surface area contributed by atoms with Crippen molar-refractivity contribution in [3.63, 3.8) is 0 Å². The number of ketones is 1. The van der Waals surface area contributed by atoms with Crippen molar-refractivity contribution < 1.29 is 9.90 Å². The standard InChI is InChI=1S/C18H15NO2/c20-17(14-6-2-1-3-7-14)15-9-11-18(21,12-10-15)16-8-4-5-13-19-16/h1-13,15,21H. The first-order valence-electron chi connectivity index (χ1n) is 6.81. The van der Waals surface area contributed by atoms with Gasteiger partial charge >= 0.3 is 0 Å². The Balaban J connectivity index is 1.82. The molecule has 0 saturated carbocycles. The monoisotopic (exact) mass is 277 g/mol. The summed E-state index contributed by atoms with van der Waals surface area (Å²) in [7, 11) is 0. The Labute approximate surface area is 123 Å².